The predicted octanol–water partition coefficient (Wildman–Crippen LogP) is 3.27. The van der Waals surface area contributed by atoms with E-state index in [1.807, 2.05) is 24.3 Å². The number of carbonyl (C=O) groups is 1. The normalized spacial score (nSPS) is 17.6. The van der Waals surface area contributed by atoms with Crippen molar-refractivity contribution in [1.82, 2.24) is 10.2 Å². The van der Waals surface area contributed by atoms with E-state index in [0.717, 1.165) is 5.56 Å². The molecule has 1 aliphatic heterocycles. The van der Waals surface area contributed by atoms with Crippen molar-refractivity contribution in [3.05, 3.63) is 64.4 Å². The van der Waals surface area contributed by atoms with Gasteiger partial charge < -0.3 is 15.0 Å². The van der Waals surface area contributed by atoms with Crippen LogP contribution in [0.2, 0.25) is 5.02 Å². The summed E-state index contributed by atoms with van der Waals surface area (Å²) in [6.45, 7) is 1.71. The van der Waals surface area contributed by atoms with Crippen LogP contribution in [0.25, 0.3) is 0 Å². The molecule has 0 aromatic heterocycles. The molecule has 1 fully saturated rings. The van der Waals surface area contributed by atoms with Crippen LogP contribution in [0.5, 0.6) is 5.75 Å². The molecule has 2 aromatic rings. The predicted molar refractivity (Wildman–Crippen MR) is 91.1 cm³/mol. The van der Waals surface area contributed by atoms with Gasteiger partial charge in [-0.05, 0) is 24.3 Å². The number of halogens is 2. The summed E-state index contributed by atoms with van der Waals surface area (Å²) in [6, 6.07) is 11.3. The van der Waals surface area contributed by atoms with Gasteiger partial charge in [-0.3, -0.25) is 4.79 Å². The lowest BCUT2D eigenvalue weighted by Gasteiger charge is -2.37. The van der Waals surface area contributed by atoms with Gasteiger partial charge in [0.2, 0.25) is 0 Å². The van der Waals surface area contributed by atoms with Gasteiger partial charge in [0, 0.05) is 30.2 Å². The molecule has 1 aliphatic rings. The molecule has 1 atom stereocenters. The Balaban J connectivity index is 1.98. The summed E-state index contributed by atoms with van der Waals surface area (Å²) < 4.78 is 19.5. The number of nitrogens with zero attached hydrogens (tertiary/aromatic N) is 1. The van der Waals surface area contributed by atoms with Crippen molar-refractivity contribution < 1.29 is 13.9 Å². The fraction of sp³-hybridized carbons (Fsp3) is 0.278. The maximum absolute atomic E-state index is 14.1. The molecule has 1 heterocycles. The number of ether oxygens (including phenoxy) is 1. The Morgan fingerprint density at radius 3 is 2.92 bits per heavy atom. The lowest BCUT2D eigenvalue weighted by molar-refractivity contribution is 0.0627. The Morgan fingerprint density at radius 2 is 2.12 bits per heavy atom. The first-order valence-corrected chi connectivity index (χ1v) is 8.09. The molecule has 0 bridgehead atoms. The quantitative estimate of drug-likeness (QED) is 0.925. The minimum absolute atomic E-state index is 0.00991. The molecule has 4 nitrogen and oxygen atoms in total. The highest BCUT2D eigenvalue weighted by Crippen LogP contribution is 2.31. The Kier molecular flexibility index (Phi) is 5.02. The molecule has 1 saturated heterocycles. The van der Waals surface area contributed by atoms with Crippen molar-refractivity contribution in [2.45, 2.75) is 6.04 Å². The van der Waals surface area contributed by atoms with E-state index in [4.69, 9.17) is 16.3 Å². The van der Waals surface area contributed by atoms with E-state index in [1.54, 1.807) is 12.0 Å². The van der Waals surface area contributed by atoms with Gasteiger partial charge in [-0.2, -0.15) is 0 Å². The first kappa shape index (κ1) is 16.7. The lowest BCUT2D eigenvalue weighted by Crippen LogP contribution is -2.49. The summed E-state index contributed by atoms with van der Waals surface area (Å²) in [4.78, 5) is 14.6. The van der Waals surface area contributed by atoms with E-state index in [-0.39, 0.29) is 17.5 Å². The third kappa shape index (κ3) is 3.23. The van der Waals surface area contributed by atoms with Crippen LogP contribution >= 0.6 is 11.6 Å². The van der Waals surface area contributed by atoms with E-state index >= 15 is 0 Å². The van der Waals surface area contributed by atoms with E-state index in [9.17, 15) is 9.18 Å². The number of carbonyl (C=O) groups excluding carboxylic acids is 1. The average molecular weight is 349 g/mol. The first-order chi connectivity index (χ1) is 11.6. The minimum atomic E-state index is -0.568. The highest BCUT2D eigenvalue weighted by atomic mass is 35.5. The molecule has 24 heavy (non-hydrogen) atoms. The van der Waals surface area contributed by atoms with Crippen LogP contribution in [0.1, 0.15) is 22.0 Å². The Bertz CT molecular complexity index is 754. The second-order valence-corrected chi connectivity index (χ2v) is 6.02. The Labute approximate surface area is 145 Å². The molecule has 0 radical (unpaired) electrons. The van der Waals surface area contributed by atoms with Gasteiger partial charge in [0.05, 0.1) is 18.7 Å². The van der Waals surface area contributed by atoms with Crippen LogP contribution in [0.15, 0.2) is 42.5 Å². The molecule has 126 valence electrons. The van der Waals surface area contributed by atoms with Crippen molar-refractivity contribution in [3.8, 4) is 5.75 Å². The monoisotopic (exact) mass is 348 g/mol. The van der Waals surface area contributed by atoms with E-state index in [1.165, 1.54) is 18.2 Å². The first-order valence-electron chi connectivity index (χ1n) is 7.71. The van der Waals surface area contributed by atoms with Crippen LogP contribution < -0.4 is 10.1 Å². The summed E-state index contributed by atoms with van der Waals surface area (Å²) in [5.41, 5.74) is 0.882. The molecule has 3 rings (SSSR count). The van der Waals surface area contributed by atoms with E-state index < -0.39 is 5.82 Å². The minimum Gasteiger partial charge on any atom is -0.496 e. The third-order valence-electron chi connectivity index (χ3n) is 4.16. The van der Waals surface area contributed by atoms with Gasteiger partial charge in [0.15, 0.2) is 0 Å². The number of para-hydroxylation sites is 1. The molecule has 1 unspecified atom stereocenters. The molecule has 6 heteroatoms. The van der Waals surface area contributed by atoms with Gasteiger partial charge >= 0.3 is 0 Å². The molecule has 2 aromatic carbocycles. The van der Waals surface area contributed by atoms with Crippen molar-refractivity contribution in [2.75, 3.05) is 26.7 Å². The van der Waals surface area contributed by atoms with Crippen molar-refractivity contribution >= 4 is 17.5 Å². The molecule has 0 spiro atoms. The number of amides is 1. The number of methoxy groups -OCH3 is 1. The zero-order chi connectivity index (χ0) is 17.1. The zero-order valence-corrected chi connectivity index (χ0v) is 14.0. The van der Waals surface area contributed by atoms with Crippen molar-refractivity contribution in [3.63, 3.8) is 0 Å². The summed E-state index contributed by atoms with van der Waals surface area (Å²) in [6.07, 6.45) is 0. The maximum atomic E-state index is 14.1. The van der Waals surface area contributed by atoms with Crippen molar-refractivity contribution in [1.29, 1.82) is 0 Å². The second-order valence-electron chi connectivity index (χ2n) is 5.58. The second kappa shape index (κ2) is 7.20. The number of piperazine rings is 1. The Hall–Kier alpha value is -2.11. The largest absolute Gasteiger partial charge is 0.496 e. The zero-order valence-electron chi connectivity index (χ0n) is 13.3. The number of benzene rings is 2. The van der Waals surface area contributed by atoms with Crippen LogP contribution in [-0.4, -0.2) is 37.6 Å². The van der Waals surface area contributed by atoms with Gasteiger partial charge in [-0.25, -0.2) is 4.39 Å². The smallest absolute Gasteiger partial charge is 0.257 e. The highest BCUT2D eigenvalue weighted by Gasteiger charge is 2.31. The molecular formula is C18H18ClFN2O2. The third-order valence-corrected chi connectivity index (χ3v) is 4.40. The number of hydrogen-bond acceptors (Lipinski definition) is 3. The van der Waals surface area contributed by atoms with Crippen LogP contribution in [-0.2, 0) is 0 Å². The molecular weight excluding hydrogens is 331 g/mol. The van der Waals surface area contributed by atoms with Gasteiger partial charge in [-0.15, -0.1) is 0 Å². The highest BCUT2D eigenvalue weighted by molar-refractivity contribution is 6.31. The molecule has 0 aliphatic carbocycles. The maximum Gasteiger partial charge on any atom is 0.257 e. The van der Waals surface area contributed by atoms with Gasteiger partial charge in [-0.1, -0.05) is 29.8 Å². The fourth-order valence-corrected chi connectivity index (χ4v) is 3.16. The van der Waals surface area contributed by atoms with Crippen LogP contribution in [0.3, 0.4) is 0 Å². The number of nitrogens with one attached hydrogen (secondary N) is 1. The van der Waals surface area contributed by atoms with E-state index in [2.05, 4.69) is 5.32 Å². The van der Waals surface area contributed by atoms with Gasteiger partial charge in [0.1, 0.15) is 11.6 Å². The summed E-state index contributed by atoms with van der Waals surface area (Å²) in [7, 11) is 1.60. The summed E-state index contributed by atoms with van der Waals surface area (Å²) in [5.74, 6) is -0.232. The fourth-order valence-electron chi connectivity index (χ4n) is 2.98. The summed E-state index contributed by atoms with van der Waals surface area (Å²) in [5, 5.41) is 3.61. The standard InChI is InChI=1S/C18H18ClFN2O2/c1-24-17-5-3-2-4-13(17)16-11-21-8-9-22(16)18(23)14-10-12(19)6-7-15(14)20/h2-7,10,16,21H,8-9,11H2,1H3. The van der Waals surface area contributed by atoms with Crippen molar-refractivity contribution in [2.24, 2.45) is 0 Å². The number of rotatable bonds is 3. The average Bonchev–Trinajstić information content (AvgIpc) is 2.63. The molecule has 1 N–H and O–H groups in total. The van der Waals surface area contributed by atoms with Crippen LogP contribution in [0.4, 0.5) is 4.39 Å². The van der Waals surface area contributed by atoms with Crippen LogP contribution in [0, 0.1) is 5.82 Å². The SMILES string of the molecule is COc1ccccc1C1CNCCN1C(=O)c1cc(Cl)ccc1F. The van der Waals surface area contributed by atoms with Gasteiger partial charge in [0.25, 0.3) is 5.91 Å². The topological polar surface area (TPSA) is 41.6 Å². The van der Waals surface area contributed by atoms with E-state index in [0.29, 0.717) is 30.4 Å². The lowest BCUT2D eigenvalue weighted by atomic mass is 10.0. The molecule has 1 amide bonds. The number of hydrogen-bond donors (Lipinski definition) is 1. The molecule has 0 saturated carbocycles. The summed E-state index contributed by atoms with van der Waals surface area (Å²) >= 11 is 5.93. The Morgan fingerprint density at radius 1 is 1.33 bits per heavy atom.